The van der Waals surface area contributed by atoms with Gasteiger partial charge in [-0.05, 0) is 19.1 Å². The van der Waals surface area contributed by atoms with E-state index < -0.39 is 0 Å². The lowest BCUT2D eigenvalue weighted by Crippen LogP contribution is -2.21. The zero-order valence-corrected chi connectivity index (χ0v) is 16.1. The molecule has 0 unspecified atom stereocenters. The van der Waals surface area contributed by atoms with Crippen LogP contribution in [0, 0.1) is 0 Å². The molecule has 7 nitrogen and oxygen atoms in total. The van der Waals surface area contributed by atoms with Gasteiger partial charge in [0.1, 0.15) is 17.3 Å². The molecule has 28 heavy (non-hydrogen) atoms. The van der Waals surface area contributed by atoms with E-state index in [0.29, 0.717) is 23.3 Å². The fourth-order valence-corrected chi connectivity index (χ4v) is 2.64. The minimum Gasteiger partial charge on any atom is -0.497 e. The molecule has 3 rings (SSSR count). The second kappa shape index (κ2) is 9.05. The van der Waals surface area contributed by atoms with Gasteiger partial charge < -0.3 is 25.2 Å². The van der Waals surface area contributed by atoms with Crippen LogP contribution in [0.4, 0.5) is 17.5 Å². The highest BCUT2D eigenvalue weighted by molar-refractivity contribution is 5.70. The van der Waals surface area contributed by atoms with Crippen molar-refractivity contribution in [2.75, 3.05) is 31.5 Å². The van der Waals surface area contributed by atoms with Crippen molar-refractivity contribution in [3.8, 4) is 22.8 Å². The Bertz CT molecular complexity index is 919. The molecule has 3 N–H and O–H groups in total. The smallest absolute Gasteiger partial charge is 0.225 e. The van der Waals surface area contributed by atoms with Crippen molar-refractivity contribution in [1.82, 2.24) is 9.97 Å². The Balaban J connectivity index is 1.99. The minimum atomic E-state index is -0.172. The summed E-state index contributed by atoms with van der Waals surface area (Å²) in [5.74, 6) is 2.37. The molecule has 0 spiro atoms. The van der Waals surface area contributed by atoms with Crippen molar-refractivity contribution in [3.63, 3.8) is 0 Å². The van der Waals surface area contributed by atoms with Crippen molar-refractivity contribution in [1.29, 1.82) is 0 Å². The van der Waals surface area contributed by atoms with E-state index in [-0.39, 0.29) is 12.6 Å². The number of rotatable bonds is 8. The van der Waals surface area contributed by atoms with Crippen molar-refractivity contribution in [3.05, 3.63) is 54.6 Å². The molecule has 1 atom stereocenters. The molecule has 3 aromatic rings. The third-order valence-corrected chi connectivity index (χ3v) is 4.12. The molecule has 0 bridgehead atoms. The number of anilines is 3. The van der Waals surface area contributed by atoms with Crippen LogP contribution >= 0.6 is 0 Å². The lowest BCUT2D eigenvalue weighted by atomic mass is 10.1. The van der Waals surface area contributed by atoms with Gasteiger partial charge in [-0.3, -0.25) is 0 Å². The van der Waals surface area contributed by atoms with Gasteiger partial charge in [0.05, 0.1) is 32.2 Å². The Labute approximate surface area is 164 Å². The second-order valence-corrected chi connectivity index (χ2v) is 6.25. The minimum absolute atomic E-state index is 0.0199. The number of nitrogens with one attached hydrogen (secondary N) is 2. The average Bonchev–Trinajstić information content (AvgIpc) is 2.74. The van der Waals surface area contributed by atoms with Crippen LogP contribution in [0.25, 0.3) is 11.3 Å². The first kappa shape index (κ1) is 19.4. The fraction of sp³-hybridized carbons (Fsp3) is 0.238. The van der Waals surface area contributed by atoms with Crippen molar-refractivity contribution in [2.45, 2.75) is 13.0 Å². The van der Waals surface area contributed by atoms with Gasteiger partial charge in [0.25, 0.3) is 0 Å². The molecule has 0 aliphatic rings. The van der Waals surface area contributed by atoms with E-state index in [1.165, 1.54) is 0 Å². The topological polar surface area (TPSA) is 88.5 Å². The standard InChI is InChI=1S/C21H24N4O3/c1-14(13-26)22-21-24-18(15-7-5-4-6-8-15)12-20(25-21)23-17-10-9-16(27-2)11-19(17)28-3/h4-12,14,26H,13H2,1-3H3,(H2,22,23,24,25)/t14-/m0/s1. The average molecular weight is 380 g/mol. The van der Waals surface area contributed by atoms with E-state index >= 15 is 0 Å². The van der Waals surface area contributed by atoms with Crippen LogP contribution < -0.4 is 20.1 Å². The molecular weight excluding hydrogens is 356 g/mol. The number of aromatic nitrogens is 2. The summed E-state index contributed by atoms with van der Waals surface area (Å²) in [6.07, 6.45) is 0. The van der Waals surface area contributed by atoms with Crippen molar-refractivity contribution < 1.29 is 14.6 Å². The summed E-state index contributed by atoms with van der Waals surface area (Å²) in [6.45, 7) is 1.84. The number of ether oxygens (including phenoxy) is 2. The number of hydrogen-bond donors (Lipinski definition) is 3. The van der Waals surface area contributed by atoms with E-state index in [1.807, 2.05) is 55.5 Å². The molecule has 0 aliphatic carbocycles. The van der Waals surface area contributed by atoms with Gasteiger partial charge in [0.15, 0.2) is 0 Å². The van der Waals surface area contributed by atoms with E-state index in [2.05, 4.69) is 20.6 Å². The number of benzene rings is 2. The highest BCUT2D eigenvalue weighted by Gasteiger charge is 2.11. The summed E-state index contributed by atoms with van der Waals surface area (Å²) in [6, 6.07) is 17.1. The van der Waals surface area contributed by atoms with Gasteiger partial charge in [-0.25, -0.2) is 4.98 Å². The third kappa shape index (κ3) is 4.69. The van der Waals surface area contributed by atoms with E-state index in [9.17, 15) is 5.11 Å². The Morgan fingerprint density at radius 3 is 2.46 bits per heavy atom. The Morgan fingerprint density at radius 1 is 1.00 bits per heavy atom. The van der Waals surface area contributed by atoms with Gasteiger partial charge in [0.2, 0.25) is 5.95 Å². The summed E-state index contributed by atoms with van der Waals surface area (Å²) >= 11 is 0. The highest BCUT2D eigenvalue weighted by atomic mass is 16.5. The number of nitrogens with zero attached hydrogens (tertiary/aromatic N) is 2. The van der Waals surface area contributed by atoms with Gasteiger partial charge in [-0.2, -0.15) is 4.98 Å². The van der Waals surface area contributed by atoms with E-state index in [4.69, 9.17) is 9.47 Å². The quantitative estimate of drug-likeness (QED) is 0.549. The SMILES string of the molecule is COc1ccc(Nc2cc(-c3ccccc3)nc(N[C@@H](C)CO)n2)c(OC)c1. The van der Waals surface area contributed by atoms with Crippen LogP contribution in [0.15, 0.2) is 54.6 Å². The molecule has 0 saturated heterocycles. The number of methoxy groups -OCH3 is 2. The first-order valence-corrected chi connectivity index (χ1v) is 8.94. The van der Waals surface area contributed by atoms with Crippen LogP contribution in [0.2, 0.25) is 0 Å². The van der Waals surface area contributed by atoms with Crippen LogP contribution in [0.1, 0.15) is 6.92 Å². The summed E-state index contributed by atoms with van der Waals surface area (Å²) in [5, 5.41) is 15.7. The molecule has 0 radical (unpaired) electrons. The van der Waals surface area contributed by atoms with Crippen molar-refractivity contribution in [2.24, 2.45) is 0 Å². The van der Waals surface area contributed by atoms with Gasteiger partial charge in [-0.15, -0.1) is 0 Å². The summed E-state index contributed by atoms with van der Waals surface area (Å²) < 4.78 is 10.7. The maximum atomic E-state index is 9.34. The largest absolute Gasteiger partial charge is 0.497 e. The summed E-state index contributed by atoms with van der Waals surface area (Å²) in [7, 11) is 3.21. The van der Waals surface area contributed by atoms with E-state index in [1.54, 1.807) is 20.3 Å². The van der Waals surface area contributed by atoms with Crippen molar-refractivity contribution >= 4 is 17.5 Å². The Morgan fingerprint density at radius 2 is 1.79 bits per heavy atom. The lowest BCUT2D eigenvalue weighted by Gasteiger charge is -2.16. The van der Waals surface area contributed by atoms with Gasteiger partial charge in [0, 0.05) is 23.7 Å². The summed E-state index contributed by atoms with van der Waals surface area (Å²) in [5.41, 5.74) is 2.48. The first-order chi connectivity index (χ1) is 13.6. The predicted molar refractivity (Wildman–Crippen MR) is 110 cm³/mol. The lowest BCUT2D eigenvalue weighted by molar-refractivity contribution is 0.281. The van der Waals surface area contributed by atoms with Crippen LogP contribution in [0.5, 0.6) is 11.5 Å². The second-order valence-electron chi connectivity index (χ2n) is 6.25. The first-order valence-electron chi connectivity index (χ1n) is 8.94. The molecule has 1 heterocycles. The Hall–Kier alpha value is -3.32. The molecular formula is C21H24N4O3. The highest BCUT2D eigenvalue weighted by Crippen LogP contribution is 2.32. The molecule has 0 amide bonds. The predicted octanol–water partition coefficient (Wildman–Crippen LogP) is 3.70. The van der Waals surface area contributed by atoms with Gasteiger partial charge >= 0.3 is 0 Å². The number of aliphatic hydroxyl groups excluding tert-OH is 1. The maximum Gasteiger partial charge on any atom is 0.225 e. The summed E-state index contributed by atoms with van der Waals surface area (Å²) in [4.78, 5) is 9.11. The van der Waals surface area contributed by atoms with Crippen LogP contribution in [-0.4, -0.2) is 41.9 Å². The fourth-order valence-electron chi connectivity index (χ4n) is 2.64. The Kier molecular flexibility index (Phi) is 6.29. The van der Waals surface area contributed by atoms with Crippen LogP contribution in [0.3, 0.4) is 0 Å². The zero-order chi connectivity index (χ0) is 19.9. The normalized spacial score (nSPS) is 11.6. The number of aliphatic hydroxyl groups is 1. The molecule has 0 aliphatic heterocycles. The monoisotopic (exact) mass is 380 g/mol. The van der Waals surface area contributed by atoms with Crippen LogP contribution in [-0.2, 0) is 0 Å². The number of hydrogen-bond acceptors (Lipinski definition) is 7. The molecule has 2 aromatic carbocycles. The molecule has 1 aromatic heterocycles. The zero-order valence-electron chi connectivity index (χ0n) is 16.1. The third-order valence-electron chi connectivity index (χ3n) is 4.12. The van der Waals surface area contributed by atoms with Gasteiger partial charge in [-0.1, -0.05) is 30.3 Å². The van der Waals surface area contributed by atoms with E-state index in [0.717, 1.165) is 16.9 Å². The molecule has 0 saturated carbocycles. The molecule has 0 fully saturated rings. The maximum absolute atomic E-state index is 9.34. The molecule has 146 valence electrons. The molecule has 7 heteroatoms.